The lowest BCUT2D eigenvalue weighted by molar-refractivity contribution is -0.136. The SMILES string of the molecule is CCCCCCCC(C)OC(=O)c1ccc(-c2ccc(OC(=O)c3ccc(OC(=O)CCCCC(=O)Oc4ccc(C(=O)Oc5ccc(-c6ccc(C(=O)OC(C)CCCCCCC)cc6)cc5)cc4)cc3)cc2)cc1. The number of ether oxygens (including phenoxy) is 6. The van der Waals surface area contributed by atoms with Crippen LogP contribution in [0.3, 0.4) is 0 Å². The molecule has 398 valence electrons. The van der Waals surface area contributed by atoms with Crippen LogP contribution in [0.4, 0.5) is 0 Å². The number of hydrogen-bond acceptors (Lipinski definition) is 12. The fourth-order valence-corrected chi connectivity index (χ4v) is 8.27. The molecule has 0 aliphatic rings. The minimum absolute atomic E-state index is 0.0614. The van der Waals surface area contributed by atoms with Gasteiger partial charge in [0, 0.05) is 12.8 Å². The zero-order chi connectivity index (χ0) is 54.1. The van der Waals surface area contributed by atoms with Gasteiger partial charge in [-0.25, -0.2) is 19.2 Å². The second kappa shape index (κ2) is 30.5. The van der Waals surface area contributed by atoms with Gasteiger partial charge in [-0.3, -0.25) is 9.59 Å². The van der Waals surface area contributed by atoms with Gasteiger partial charge in [0.05, 0.1) is 34.5 Å². The van der Waals surface area contributed by atoms with Crippen molar-refractivity contribution in [3.63, 3.8) is 0 Å². The summed E-state index contributed by atoms with van der Waals surface area (Å²) in [4.78, 5) is 76.2. The van der Waals surface area contributed by atoms with Crippen LogP contribution < -0.4 is 18.9 Å². The summed E-state index contributed by atoms with van der Waals surface area (Å²) < 4.78 is 33.3. The molecule has 6 rings (SSSR count). The highest BCUT2D eigenvalue weighted by molar-refractivity contribution is 5.93. The molecule has 0 bridgehead atoms. The molecule has 12 heteroatoms. The lowest BCUT2D eigenvalue weighted by Gasteiger charge is -2.13. The summed E-state index contributed by atoms with van der Waals surface area (Å²) in [6.45, 7) is 8.24. The Kier molecular flexibility index (Phi) is 23.0. The van der Waals surface area contributed by atoms with Gasteiger partial charge in [0.2, 0.25) is 0 Å². The Morgan fingerprint density at radius 1 is 0.316 bits per heavy atom. The zero-order valence-electron chi connectivity index (χ0n) is 44.2. The Morgan fingerprint density at radius 3 is 0.908 bits per heavy atom. The molecule has 0 saturated carbocycles. The molecule has 2 unspecified atom stereocenters. The zero-order valence-corrected chi connectivity index (χ0v) is 44.2. The van der Waals surface area contributed by atoms with E-state index in [-0.39, 0.29) is 59.6 Å². The van der Waals surface area contributed by atoms with Gasteiger partial charge in [-0.15, -0.1) is 0 Å². The van der Waals surface area contributed by atoms with E-state index in [9.17, 15) is 28.8 Å². The smallest absolute Gasteiger partial charge is 0.343 e. The third-order valence-electron chi connectivity index (χ3n) is 12.7. The van der Waals surface area contributed by atoms with E-state index in [1.165, 1.54) is 87.1 Å². The molecule has 0 aliphatic carbocycles. The van der Waals surface area contributed by atoms with Gasteiger partial charge in [0.1, 0.15) is 23.0 Å². The Morgan fingerprint density at radius 2 is 0.579 bits per heavy atom. The van der Waals surface area contributed by atoms with E-state index in [4.69, 9.17) is 28.4 Å². The highest BCUT2D eigenvalue weighted by Crippen LogP contribution is 2.27. The predicted molar refractivity (Wildman–Crippen MR) is 293 cm³/mol. The molecular weight excluding hydrogens is 961 g/mol. The Bertz CT molecular complexity index is 2590. The Hall–Kier alpha value is -7.86. The van der Waals surface area contributed by atoms with E-state index in [0.29, 0.717) is 35.5 Å². The standard InChI is InChI=1S/C64H70O12/c1-5-7-9-11-13-17-45(3)71-61(67)51-25-21-47(22-26-51)49-29-37-57(38-30-49)75-63(69)53-33-41-55(42-34-53)73-59(65)19-15-16-20-60(66)74-56-43-35-54(36-44-56)64(70)76-58-39-31-50(32-40-58)48-23-27-52(28-24-48)62(68)72-46(4)18-14-12-10-8-6-2/h21-46H,5-20H2,1-4H3. The summed E-state index contributed by atoms with van der Waals surface area (Å²) in [5, 5.41) is 0. The maximum atomic E-state index is 12.9. The molecule has 0 fully saturated rings. The van der Waals surface area contributed by atoms with Gasteiger partial charge in [-0.05, 0) is 172 Å². The normalized spacial score (nSPS) is 11.7. The highest BCUT2D eigenvalue weighted by Gasteiger charge is 2.17. The van der Waals surface area contributed by atoms with Crippen LogP contribution in [0.2, 0.25) is 0 Å². The van der Waals surface area contributed by atoms with Crippen molar-refractivity contribution in [1.82, 2.24) is 0 Å². The molecular formula is C64H70O12. The van der Waals surface area contributed by atoms with Crippen molar-refractivity contribution in [3.8, 4) is 45.3 Å². The number of carbonyl (C=O) groups is 6. The molecule has 0 saturated heterocycles. The van der Waals surface area contributed by atoms with Gasteiger partial charge in [-0.2, -0.15) is 0 Å². The average molecular weight is 1030 g/mol. The van der Waals surface area contributed by atoms with Crippen LogP contribution in [0.25, 0.3) is 22.3 Å². The van der Waals surface area contributed by atoms with Gasteiger partial charge >= 0.3 is 35.8 Å². The van der Waals surface area contributed by atoms with Crippen LogP contribution in [0.5, 0.6) is 23.0 Å². The van der Waals surface area contributed by atoms with Gasteiger partial charge < -0.3 is 28.4 Å². The first-order chi connectivity index (χ1) is 36.9. The van der Waals surface area contributed by atoms with Gasteiger partial charge in [0.25, 0.3) is 0 Å². The average Bonchev–Trinajstić information content (AvgIpc) is 3.43. The number of benzene rings is 6. The number of esters is 6. The number of hydrogen-bond donors (Lipinski definition) is 0. The molecule has 2 atom stereocenters. The molecule has 0 aromatic heterocycles. The lowest BCUT2D eigenvalue weighted by Crippen LogP contribution is -2.15. The predicted octanol–water partition coefficient (Wildman–Crippen LogP) is 15.3. The Balaban J connectivity index is 0.841. The second-order valence-electron chi connectivity index (χ2n) is 19.0. The monoisotopic (exact) mass is 1030 g/mol. The third kappa shape index (κ3) is 19.1. The maximum Gasteiger partial charge on any atom is 0.343 e. The summed E-state index contributed by atoms with van der Waals surface area (Å²) in [6, 6.07) is 40.5. The summed E-state index contributed by atoms with van der Waals surface area (Å²) in [7, 11) is 0. The lowest BCUT2D eigenvalue weighted by atomic mass is 10.0. The minimum atomic E-state index is -0.581. The number of rotatable bonds is 29. The number of unbranched alkanes of at least 4 members (excludes halogenated alkanes) is 9. The first-order valence-corrected chi connectivity index (χ1v) is 26.8. The van der Waals surface area contributed by atoms with E-state index in [2.05, 4.69) is 13.8 Å². The third-order valence-corrected chi connectivity index (χ3v) is 12.7. The van der Waals surface area contributed by atoms with Crippen molar-refractivity contribution in [3.05, 3.63) is 168 Å². The molecule has 0 radical (unpaired) electrons. The molecule has 12 nitrogen and oxygen atoms in total. The van der Waals surface area contributed by atoms with Crippen molar-refractivity contribution in [1.29, 1.82) is 0 Å². The Labute approximate surface area is 447 Å². The first kappa shape index (κ1) is 57.4. The van der Waals surface area contributed by atoms with E-state index in [0.717, 1.165) is 60.8 Å². The topological polar surface area (TPSA) is 158 Å². The minimum Gasteiger partial charge on any atom is -0.459 e. The van der Waals surface area contributed by atoms with Gasteiger partial charge in [0.15, 0.2) is 0 Å². The van der Waals surface area contributed by atoms with Crippen molar-refractivity contribution < 1.29 is 57.2 Å². The van der Waals surface area contributed by atoms with Gasteiger partial charge in [-0.1, -0.05) is 114 Å². The maximum absolute atomic E-state index is 12.9. The second-order valence-corrected chi connectivity index (χ2v) is 19.0. The van der Waals surface area contributed by atoms with Crippen LogP contribution in [0, 0.1) is 0 Å². The molecule has 0 spiro atoms. The van der Waals surface area contributed by atoms with Crippen molar-refractivity contribution >= 4 is 35.8 Å². The largest absolute Gasteiger partial charge is 0.459 e. The molecule has 6 aromatic rings. The summed E-state index contributed by atoms with van der Waals surface area (Å²) in [6.07, 6.45) is 14.0. The summed E-state index contributed by atoms with van der Waals surface area (Å²) in [5.41, 5.74) is 5.06. The molecule has 0 heterocycles. The molecule has 0 N–H and O–H groups in total. The van der Waals surface area contributed by atoms with E-state index in [1.807, 2.05) is 62.4 Å². The number of carbonyl (C=O) groups excluding carboxylic acids is 6. The van der Waals surface area contributed by atoms with E-state index < -0.39 is 23.9 Å². The van der Waals surface area contributed by atoms with Crippen LogP contribution in [0.1, 0.15) is 172 Å². The fourth-order valence-electron chi connectivity index (χ4n) is 8.27. The first-order valence-electron chi connectivity index (χ1n) is 26.8. The highest BCUT2D eigenvalue weighted by atomic mass is 16.6. The van der Waals surface area contributed by atoms with Crippen LogP contribution in [0.15, 0.2) is 146 Å². The van der Waals surface area contributed by atoms with Crippen molar-refractivity contribution in [2.75, 3.05) is 0 Å². The molecule has 76 heavy (non-hydrogen) atoms. The van der Waals surface area contributed by atoms with Crippen LogP contribution in [-0.2, 0) is 19.1 Å². The van der Waals surface area contributed by atoms with Crippen molar-refractivity contribution in [2.24, 2.45) is 0 Å². The van der Waals surface area contributed by atoms with E-state index in [1.54, 1.807) is 48.5 Å². The summed E-state index contributed by atoms with van der Waals surface area (Å²) in [5.74, 6) is -1.61. The van der Waals surface area contributed by atoms with E-state index >= 15 is 0 Å². The molecule has 0 amide bonds. The van der Waals surface area contributed by atoms with Crippen LogP contribution >= 0.6 is 0 Å². The summed E-state index contributed by atoms with van der Waals surface area (Å²) >= 11 is 0. The van der Waals surface area contributed by atoms with Crippen LogP contribution in [-0.4, -0.2) is 48.0 Å². The quantitative estimate of drug-likeness (QED) is 0.0249. The molecule has 6 aromatic carbocycles. The van der Waals surface area contributed by atoms with Crippen molar-refractivity contribution in [2.45, 2.75) is 143 Å². The fraction of sp³-hybridized carbons (Fsp3) is 0.344. The molecule has 0 aliphatic heterocycles.